The lowest BCUT2D eigenvalue weighted by Gasteiger charge is -2.04. The Morgan fingerprint density at radius 3 is 2.84 bits per heavy atom. The molecule has 4 aromatic rings. The fraction of sp³-hybridized carbons (Fsp3) is 0.0588. The highest BCUT2D eigenvalue weighted by molar-refractivity contribution is 6.03. The van der Waals surface area contributed by atoms with Gasteiger partial charge in [0, 0.05) is 24.5 Å². The number of fused-ring (bicyclic) bond motifs is 3. The minimum absolute atomic E-state index is 0.223. The minimum atomic E-state index is -0.390. The molecular formula is C17H13N5O3. The van der Waals surface area contributed by atoms with Crippen LogP contribution < -0.4 is 15.6 Å². The molecule has 0 unspecified atom stereocenters. The molecule has 8 heteroatoms. The maximum absolute atomic E-state index is 12.3. The number of aromatic amines is 1. The number of benzene rings is 1. The highest BCUT2D eigenvalue weighted by atomic mass is 16.5. The van der Waals surface area contributed by atoms with E-state index in [0.29, 0.717) is 17.2 Å². The Labute approximate surface area is 141 Å². The highest BCUT2D eigenvalue weighted by Gasteiger charge is 2.12. The van der Waals surface area contributed by atoms with Crippen molar-refractivity contribution in [2.75, 3.05) is 12.4 Å². The summed E-state index contributed by atoms with van der Waals surface area (Å²) in [5.74, 6) is 0.725. The van der Waals surface area contributed by atoms with E-state index in [4.69, 9.17) is 4.74 Å². The van der Waals surface area contributed by atoms with Crippen molar-refractivity contribution in [2.45, 2.75) is 0 Å². The molecule has 0 fully saturated rings. The number of aromatic nitrogens is 4. The van der Waals surface area contributed by atoms with Crippen molar-refractivity contribution in [3.63, 3.8) is 0 Å². The molecule has 0 saturated carbocycles. The summed E-state index contributed by atoms with van der Waals surface area (Å²) in [5.41, 5.74) is 2.06. The number of nitrogens with zero attached hydrogens (tertiary/aromatic N) is 3. The standard InChI is InChI=1S/C17H13N5O3/c1-25-11-3-4-14-13(8-11)21-17-20-12(6-7-22(14)17)16(24)19-10-2-5-15(23)18-9-10/h2-9H,1H3,(H,18,23)(H,19,24). The van der Waals surface area contributed by atoms with Crippen molar-refractivity contribution in [1.82, 2.24) is 19.4 Å². The maximum Gasteiger partial charge on any atom is 0.274 e. The Bertz CT molecular complexity index is 1140. The summed E-state index contributed by atoms with van der Waals surface area (Å²) in [7, 11) is 1.59. The van der Waals surface area contributed by atoms with Crippen molar-refractivity contribution < 1.29 is 9.53 Å². The van der Waals surface area contributed by atoms with Crippen LogP contribution in [0.25, 0.3) is 16.8 Å². The molecule has 0 aliphatic heterocycles. The molecule has 124 valence electrons. The normalized spacial score (nSPS) is 10.9. The molecule has 25 heavy (non-hydrogen) atoms. The van der Waals surface area contributed by atoms with E-state index in [0.717, 1.165) is 11.0 Å². The van der Waals surface area contributed by atoms with Crippen LogP contribution in [0.15, 0.2) is 53.6 Å². The van der Waals surface area contributed by atoms with Gasteiger partial charge in [0.1, 0.15) is 11.4 Å². The molecule has 1 amide bonds. The smallest absolute Gasteiger partial charge is 0.274 e. The van der Waals surface area contributed by atoms with Gasteiger partial charge in [0.2, 0.25) is 11.3 Å². The highest BCUT2D eigenvalue weighted by Crippen LogP contribution is 2.21. The first-order valence-corrected chi connectivity index (χ1v) is 7.47. The number of carbonyl (C=O) groups is 1. The first-order valence-electron chi connectivity index (χ1n) is 7.47. The van der Waals surface area contributed by atoms with Gasteiger partial charge in [0.05, 0.1) is 23.8 Å². The van der Waals surface area contributed by atoms with Crippen molar-refractivity contribution >= 4 is 28.4 Å². The molecule has 4 rings (SSSR count). The second-order valence-electron chi connectivity index (χ2n) is 5.34. The molecule has 0 bridgehead atoms. The number of methoxy groups -OCH3 is 1. The number of hydrogen-bond acceptors (Lipinski definition) is 5. The lowest BCUT2D eigenvalue weighted by atomic mass is 10.3. The molecule has 2 N–H and O–H groups in total. The fourth-order valence-electron chi connectivity index (χ4n) is 2.52. The maximum atomic E-state index is 12.3. The second kappa shape index (κ2) is 5.75. The number of ether oxygens (including phenoxy) is 1. The average molecular weight is 335 g/mol. The second-order valence-corrected chi connectivity index (χ2v) is 5.34. The topological polar surface area (TPSA) is 101 Å². The van der Waals surface area contributed by atoms with E-state index < -0.39 is 0 Å². The Balaban J connectivity index is 1.70. The lowest BCUT2D eigenvalue weighted by molar-refractivity contribution is 0.102. The van der Waals surface area contributed by atoms with Crippen LogP contribution in [0.5, 0.6) is 5.75 Å². The summed E-state index contributed by atoms with van der Waals surface area (Å²) >= 11 is 0. The van der Waals surface area contributed by atoms with Crippen molar-refractivity contribution in [3.05, 3.63) is 64.8 Å². The largest absolute Gasteiger partial charge is 0.497 e. The van der Waals surface area contributed by atoms with Crippen molar-refractivity contribution in [1.29, 1.82) is 0 Å². The zero-order valence-corrected chi connectivity index (χ0v) is 13.2. The van der Waals surface area contributed by atoms with Gasteiger partial charge >= 0.3 is 0 Å². The molecule has 0 aliphatic carbocycles. The van der Waals surface area contributed by atoms with E-state index >= 15 is 0 Å². The molecule has 1 aromatic carbocycles. The number of imidazole rings is 1. The van der Waals surface area contributed by atoms with Gasteiger partial charge in [-0.2, -0.15) is 0 Å². The Morgan fingerprint density at radius 2 is 2.08 bits per heavy atom. The summed E-state index contributed by atoms with van der Waals surface area (Å²) in [6, 6.07) is 10.00. The molecule has 0 aliphatic rings. The van der Waals surface area contributed by atoms with Gasteiger partial charge in [0.25, 0.3) is 5.91 Å². The SMILES string of the molecule is COc1ccc2c(c1)nc1nc(C(=O)Nc3ccc(=O)[nH]c3)ccn12. The Hall–Kier alpha value is -3.68. The quantitative estimate of drug-likeness (QED) is 0.595. The molecule has 8 nitrogen and oxygen atoms in total. The zero-order valence-electron chi connectivity index (χ0n) is 13.2. The van der Waals surface area contributed by atoms with E-state index in [1.165, 1.54) is 18.3 Å². The lowest BCUT2D eigenvalue weighted by Crippen LogP contribution is -2.15. The minimum Gasteiger partial charge on any atom is -0.497 e. The summed E-state index contributed by atoms with van der Waals surface area (Å²) in [5, 5.41) is 2.67. The van der Waals surface area contributed by atoms with Crippen molar-refractivity contribution in [3.8, 4) is 5.75 Å². The zero-order chi connectivity index (χ0) is 17.4. The number of pyridine rings is 1. The molecule has 3 heterocycles. The number of anilines is 1. The molecule has 0 atom stereocenters. The third kappa shape index (κ3) is 2.69. The van der Waals surface area contributed by atoms with E-state index in [1.807, 2.05) is 18.2 Å². The van der Waals surface area contributed by atoms with Gasteiger partial charge in [-0.05, 0) is 24.3 Å². The predicted molar refractivity (Wildman–Crippen MR) is 92.1 cm³/mol. The average Bonchev–Trinajstić information content (AvgIpc) is 3.00. The first kappa shape index (κ1) is 14.9. The number of carbonyl (C=O) groups excluding carboxylic acids is 1. The van der Waals surface area contributed by atoms with Gasteiger partial charge < -0.3 is 15.0 Å². The summed E-state index contributed by atoms with van der Waals surface area (Å²) < 4.78 is 6.99. The molecular weight excluding hydrogens is 322 g/mol. The molecule has 0 saturated heterocycles. The number of hydrogen-bond donors (Lipinski definition) is 2. The van der Waals surface area contributed by atoms with E-state index in [1.54, 1.807) is 23.8 Å². The van der Waals surface area contributed by atoms with Gasteiger partial charge in [-0.15, -0.1) is 0 Å². The van der Waals surface area contributed by atoms with Crippen LogP contribution in [-0.4, -0.2) is 32.4 Å². The first-order chi connectivity index (χ1) is 12.1. The monoisotopic (exact) mass is 335 g/mol. The fourth-order valence-corrected chi connectivity index (χ4v) is 2.52. The summed E-state index contributed by atoms with van der Waals surface area (Å²) in [6.07, 6.45) is 3.17. The Morgan fingerprint density at radius 1 is 1.20 bits per heavy atom. The van der Waals surface area contributed by atoms with Crippen molar-refractivity contribution in [2.24, 2.45) is 0 Å². The van der Waals surface area contributed by atoms with Gasteiger partial charge in [-0.25, -0.2) is 9.97 Å². The number of H-pyrrole nitrogens is 1. The van der Waals surface area contributed by atoms with Gasteiger partial charge in [0.15, 0.2) is 0 Å². The van der Waals surface area contributed by atoms with Crippen LogP contribution in [0, 0.1) is 0 Å². The Kier molecular flexibility index (Phi) is 3.42. The van der Waals surface area contributed by atoms with Gasteiger partial charge in [-0.3, -0.25) is 14.0 Å². The van der Waals surface area contributed by atoms with Crippen LogP contribution in [0.4, 0.5) is 5.69 Å². The van der Waals surface area contributed by atoms with Crippen LogP contribution in [-0.2, 0) is 0 Å². The predicted octanol–water partition coefficient (Wildman–Crippen LogP) is 1.83. The number of nitrogens with one attached hydrogen (secondary N) is 2. The van der Waals surface area contributed by atoms with E-state index in [-0.39, 0.29) is 17.2 Å². The molecule has 3 aromatic heterocycles. The third-order valence-corrected chi connectivity index (χ3v) is 3.75. The van der Waals surface area contributed by atoms with Gasteiger partial charge in [-0.1, -0.05) is 0 Å². The molecule has 0 spiro atoms. The van der Waals surface area contributed by atoms with Crippen LogP contribution in [0.3, 0.4) is 0 Å². The van der Waals surface area contributed by atoms with E-state index in [2.05, 4.69) is 20.3 Å². The van der Waals surface area contributed by atoms with Crippen LogP contribution >= 0.6 is 0 Å². The third-order valence-electron chi connectivity index (χ3n) is 3.75. The van der Waals surface area contributed by atoms with Crippen LogP contribution in [0.1, 0.15) is 10.5 Å². The summed E-state index contributed by atoms with van der Waals surface area (Å²) in [6.45, 7) is 0. The van der Waals surface area contributed by atoms with E-state index in [9.17, 15) is 9.59 Å². The van der Waals surface area contributed by atoms with Crippen LogP contribution in [0.2, 0.25) is 0 Å². The number of amides is 1. The summed E-state index contributed by atoms with van der Waals surface area (Å²) in [4.78, 5) is 34.6. The molecule has 0 radical (unpaired) electrons. The number of rotatable bonds is 3.